The molecule has 0 unspecified atom stereocenters. The number of hydrogen-bond donors (Lipinski definition) is 2. The summed E-state index contributed by atoms with van der Waals surface area (Å²) >= 11 is 0. The van der Waals surface area contributed by atoms with Crippen molar-refractivity contribution in [1.82, 2.24) is 10.2 Å². The maximum atomic E-state index is 11.7. The van der Waals surface area contributed by atoms with Gasteiger partial charge in [0.1, 0.15) is 0 Å². The van der Waals surface area contributed by atoms with Gasteiger partial charge in [-0.05, 0) is 58.3 Å². The molecule has 0 saturated carbocycles. The zero-order valence-corrected chi connectivity index (χ0v) is 13.5. The van der Waals surface area contributed by atoms with Gasteiger partial charge in [0.25, 0.3) is 0 Å². The molecule has 2 N–H and O–H groups in total. The SMILES string of the molecule is CCOC(=O)c1ccc(NCC(=O)NCCCN(C)C)cc1. The van der Waals surface area contributed by atoms with Gasteiger partial charge in [0.2, 0.25) is 5.91 Å². The number of ether oxygens (including phenoxy) is 1. The first-order valence-corrected chi connectivity index (χ1v) is 7.45. The molecule has 0 bridgehead atoms. The van der Waals surface area contributed by atoms with Gasteiger partial charge in [0, 0.05) is 12.2 Å². The summed E-state index contributed by atoms with van der Waals surface area (Å²) in [6, 6.07) is 6.86. The predicted molar refractivity (Wildman–Crippen MR) is 87.1 cm³/mol. The lowest BCUT2D eigenvalue weighted by molar-refractivity contribution is -0.119. The largest absolute Gasteiger partial charge is 0.462 e. The van der Waals surface area contributed by atoms with E-state index in [4.69, 9.17) is 4.74 Å². The van der Waals surface area contributed by atoms with E-state index in [0.717, 1.165) is 18.7 Å². The van der Waals surface area contributed by atoms with Crippen LogP contribution in [-0.2, 0) is 9.53 Å². The van der Waals surface area contributed by atoms with Gasteiger partial charge in [-0.3, -0.25) is 4.79 Å². The summed E-state index contributed by atoms with van der Waals surface area (Å²) in [5.41, 5.74) is 1.29. The summed E-state index contributed by atoms with van der Waals surface area (Å²) in [6.07, 6.45) is 0.924. The minimum Gasteiger partial charge on any atom is -0.462 e. The van der Waals surface area contributed by atoms with Crippen LogP contribution in [0.2, 0.25) is 0 Å². The van der Waals surface area contributed by atoms with Crippen LogP contribution in [0.1, 0.15) is 23.7 Å². The van der Waals surface area contributed by atoms with Crippen LogP contribution in [0.5, 0.6) is 0 Å². The molecule has 0 aromatic heterocycles. The summed E-state index contributed by atoms with van der Waals surface area (Å²) in [7, 11) is 4.01. The fraction of sp³-hybridized carbons (Fsp3) is 0.500. The highest BCUT2D eigenvalue weighted by Crippen LogP contribution is 2.10. The lowest BCUT2D eigenvalue weighted by Gasteiger charge is -2.11. The highest BCUT2D eigenvalue weighted by molar-refractivity contribution is 5.90. The van der Waals surface area contributed by atoms with E-state index in [9.17, 15) is 9.59 Å². The summed E-state index contributed by atoms with van der Waals surface area (Å²) < 4.78 is 4.91. The number of hydrogen-bond acceptors (Lipinski definition) is 5. The lowest BCUT2D eigenvalue weighted by atomic mass is 10.2. The summed E-state index contributed by atoms with van der Waals surface area (Å²) in [4.78, 5) is 25.2. The smallest absolute Gasteiger partial charge is 0.338 e. The molecule has 0 aliphatic carbocycles. The van der Waals surface area contributed by atoms with Crippen LogP contribution in [0, 0.1) is 0 Å². The number of benzene rings is 1. The average Bonchev–Trinajstić information content (AvgIpc) is 2.50. The second-order valence-electron chi connectivity index (χ2n) is 5.16. The average molecular weight is 307 g/mol. The molecule has 1 rings (SSSR count). The molecule has 0 radical (unpaired) electrons. The van der Waals surface area contributed by atoms with Gasteiger partial charge in [-0.1, -0.05) is 0 Å². The van der Waals surface area contributed by atoms with Gasteiger partial charge in [-0.15, -0.1) is 0 Å². The normalized spacial score (nSPS) is 10.4. The monoisotopic (exact) mass is 307 g/mol. The van der Waals surface area contributed by atoms with Crippen LogP contribution in [0.3, 0.4) is 0 Å². The van der Waals surface area contributed by atoms with Crippen molar-refractivity contribution in [3.63, 3.8) is 0 Å². The molecule has 0 atom stereocenters. The number of amides is 1. The van der Waals surface area contributed by atoms with Gasteiger partial charge < -0.3 is 20.3 Å². The first-order chi connectivity index (χ1) is 10.5. The molecule has 1 amide bonds. The second-order valence-corrected chi connectivity index (χ2v) is 5.16. The standard InChI is InChI=1S/C16H25N3O3/c1-4-22-16(21)13-6-8-14(9-7-13)18-12-15(20)17-10-5-11-19(2)3/h6-9,18H,4-5,10-12H2,1-3H3,(H,17,20). The Morgan fingerprint density at radius 1 is 1.18 bits per heavy atom. The van der Waals surface area contributed by atoms with Crippen LogP contribution < -0.4 is 10.6 Å². The van der Waals surface area contributed by atoms with Crippen LogP contribution in [0.4, 0.5) is 5.69 Å². The van der Waals surface area contributed by atoms with Gasteiger partial charge in [0.05, 0.1) is 18.7 Å². The maximum Gasteiger partial charge on any atom is 0.338 e. The summed E-state index contributed by atoms with van der Waals surface area (Å²) in [5, 5.41) is 5.87. The van der Waals surface area contributed by atoms with E-state index in [2.05, 4.69) is 15.5 Å². The van der Waals surface area contributed by atoms with Crippen molar-refractivity contribution in [2.24, 2.45) is 0 Å². The third-order valence-corrected chi connectivity index (χ3v) is 2.95. The Morgan fingerprint density at radius 2 is 1.86 bits per heavy atom. The molecule has 0 aliphatic heterocycles. The van der Waals surface area contributed by atoms with Gasteiger partial charge >= 0.3 is 5.97 Å². The molecule has 22 heavy (non-hydrogen) atoms. The fourth-order valence-corrected chi connectivity index (χ4v) is 1.81. The topological polar surface area (TPSA) is 70.7 Å². The van der Waals surface area contributed by atoms with Crippen LogP contribution in [0.15, 0.2) is 24.3 Å². The third-order valence-electron chi connectivity index (χ3n) is 2.95. The second kappa shape index (κ2) is 9.78. The number of nitrogens with zero attached hydrogens (tertiary/aromatic N) is 1. The fourth-order valence-electron chi connectivity index (χ4n) is 1.81. The number of rotatable bonds is 9. The van der Waals surface area contributed by atoms with Gasteiger partial charge in [-0.2, -0.15) is 0 Å². The van der Waals surface area contributed by atoms with Crippen molar-refractivity contribution < 1.29 is 14.3 Å². The molecule has 0 heterocycles. The molecular weight excluding hydrogens is 282 g/mol. The van der Waals surface area contributed by atoms with E-state index in [1.54, 1.807) is 31.2 Å². The molecule has 1 aromatic carbocycles. The van der Waals surface area contributed by atoms with Gasteiger partial charge in [0.15, 0.2) is 0 Å². The Labute approximate surface area is 131 Å². The minimum atomic E-state index is -0.340. The number of esters is 1. The van der Waals surface area contributed by atoms with E-state index in [-0.39, 0.29) is 18.4 Å². The molecule has 6 heteroatoms. The van der Waals surface area contributed by atoms with E-state index >= 15 is 0 Å². The Hall–Kier alpha value is -2.08. The van der Waals surface area contributed by atoms with E-state index in [0.29, 0.717) is 18.7 Å². The van der Waals surface area contributed by atoms with Crippen molar-refractivity contribution in [2.75, 3.05) is 45.7 Å². The lowest BCUT2D eigenvalue weighted by Crippen LogP contribution is -2.31. The molecular formula is C16H25N3O3. The van der Waals surface area contributed by atoms with Crippen molar-refractivity contribution in [2.45, 2.75) is 13.3 Å². The van der Waals surface area contributed by atoms with E-state index < -0.39 is 0 Å². The van der Waals surface area contributed by atoms with E-state index in [1.807, 2.05) is 14.1 Å². The highest BCUT2D eigenvalue weighted by Gasteiger charge is 2.06. The van der Waals surface area contributed by atoms with Crippen LogP contribution >= 0.6 is 0 Å². The van der Waals surface area contributed by atoms with E-state index in [1.165, 1.54) is 0 Å². The first kappa shape index (κ1) is 18.0. The zero-order chi connectivity index (χ0) is 16.4. The minimum absolute atomic E-state index is 0.0479. The molecule has 6 nitrogen and oxygen atoms in total. The maximum absolute atomic E-state index is 11.7. The predicted octanol–water partition coefficient (Wildman–Crippen LogP) is 1.34. The van der Waals surface area contributed by atoms with Crippen molar-refractivity contribution in [1.29, 1.82) is 0 Å². The number of carbonyl (C=O) groups excluding carboxylic acids is 2. The Bertz CT molecular complexity index is 472. The third kappa shape index (κ3) is 7.08. The molecule has 0 spiro atoms. The summed E-state index contributed by atoms with van der Waals surface area (Å²) in [6.45, 7) is 3.95. The molecule has 122 valence electrons. The molecule has 0 saturated heterocycles. The molecule has 1 aromatic rings. The summed E-state index contributed by atoms with van der Waals surface area (Å²) in [5.74, 6) is -0.388. The zero-order valence-electron chi connectivity index (χ0n) is 13.5. The Balaban J connectivity index is 2.29. The Kier molecular flexibility index (Phi) is 7.99. The van der Waals surface area contributed by atoms with Crippen molar-refractivity contribution >= 4 is 17.6 Å². The number of nitrogens with one attached hydrogen (secondary N) is 2. The number of anilines is 1. The first-order valence-electron chi connectivity index (χ1n) is 7.45. The van der Waals surface area contributed by atoms with Crippen molar-refractivity contribution in [3.05, 3.63) is 29.8 Å². The van der Waals surface area contributed by atoms with Crippen molar-refractivity contribution in [3.8, 4) is 0 Å². The Morgan fingerprint density at radius 3 is 2.45 bits per heavy atom. The van der Waals surface area contributed by atoms with Gasteiger partial charge in [-0.25, -0.2) is 4.79 Å². The van der Waals surface area contributed by atoms with Crippen LogP contribution in [-0.4, -0.2) is 57.1 Å². The quantitative estimate of drug-likeness (QED) is 0.532. The molecule has 0 aliphatic rings. The number of carbonyl (C=O) groups is 2. The van der Waals surface area contributed by atoms with Crippen LogP contribution in [0.25, 0.3) is 0 Å². The highest BCUT2D eigenvalue weighted by atomic mass is 16.5. The molecule has 0 fully saturated rings.